The highest BCUT2D eigenvalue weighted by molar-refractivity contribution is 7.10. The summed E-state index contributed by atoms with van der Waals surface area (Å²) in [6, 6.07) is 10.4. The van der Waals surface area contributed by atoms with E-state index in [2.05, 4.69) is 30.5 Å². The van der Waals surface area contributed by atoms with Crippen LogP contribution in [-0.2, 0) is 20.7 Å². The molecule has 1 fully saturated rings. The first-order chi connectivity index (χ1) is 14.6. The molecule has 0 N–H and O–H groups in total. The molecule has 2 aliphatic rings. The first kappa shape index (κ1) is 21.1. The second-order valence-corrected chi connectivity index (χ2v) is 9.28. The van der Waals surface area contributed by atoms with Crippen LogP contribution in [0.25, 0.3) is 0 Å². The van der Waals surface area contributed by atoms with Gasteiger partial charge < -0.3 is 14.5 Å². The van der Waals surface area contributed by atoms with E-state index in [1.54, 1.807) is 23.3 Å². The molecule has 1 aromatic heterocycles. The summed E-state index contributed by atoms with van der Waals surface area (Å²) < 4.78 is 5.16. The Morgan fingerprint density at radius 3 is 2.73 bits per heavy atom. The monoisotopic (exact) mass is 426 g/mol. The Bertz CT molecular complexity index is 905. The van der Waals surface area contributed by atoms with Crippen molar-refractivity contribution in [2.24, 2.45) is 5.92 Å². The SMILES string of the molecule is COCCCN(CC(=O)N1CCc2sccc2[C@@H]1c1ccccc1C)C(=O)C1CC1. The largest absolute Gasteiger partial charge is 0.385 e. The number of rotatable bonds is 8. The Kier molecular flexibility index (Phi) is 6.54. The average molecular weight is 427 g/mol. The number of aryl methyl sites for hydroxylation is 1. The lowest BCUT2D eigenvalue weighted by Gasteiger charge is -2.38. The Balaban J connectivity index is 1.58. The third kappa shape index (κ3) is 4.44. The van der Waals surface area contributed by atoms with Crippen LogP contribution in [0, 0.1) is 12.8 Å². The molecule has 1 aliphatic heterocycles. The number of benzene rings is 1. The van der Waals surface area contributed by atoms with Gasteiger partial charge in [0.05, 0.1) is 12.6 Å². The van der Waals surface area contributed by atoms with Crippen molar-refractivity contribution < 1.29 is 14.3 Å². The number of hydrogen-bond acceptors (Lipinski definition) is 4. The van der Waals surface area contributed by atoms with Crippen LogP contribution in [-0.4, -0.2) is 55.0 Å². The van der Waals surface area contributed by atoms with Gasteiger partial charge in [-0.05, 0) is 60.7 Å². The Hall–Kier alpha value is -2.18. The van der Waals surface area contributed by atoms with Crippen LogP contribution in [0.5, 0.6) is 0 Å². The van der Waals surface area contributed by atoms with Gasteiger partial charge in [-0.2, -0.15) is 0 Å². The van der Waals surface area contributed by atoms with Gasteiger partial charge in [-0.15, -0.1) is 11.3 Å². The molecule has 6 heteroatoms. The molecule has 0 bridgehead atoms. The number of hydrogen-bond donors (Lipinski definition) is 0. The summed E-state index contributed by atoms with van der Waals surface area (Å²) in [6.45, 7) is 4.11. The zero-order valence-corrected chi connectivity index (χ0v) is 18.6. The lowest BCUT2D eigenvalue weighted by atomic mass is 9.90. The van der Waals surface area contributed by atoms with Gasteiger partial charge in [-0.1, -0.05) is 24.3 Å². The molecule has 30 heavy (non-hydrogen) atoms. The van der Waals surface area contributed by atoms with Crippen LogP contribution < -0.4 is 0 Å². The number of carbonyl (C=O) groups is 2. The zero-order chi connectivity index (χ0) is 21.1. The third-order valence-corrected chi connectivity index (χ3v) is 7.11. The molecule has 2 amide bonds. The van der Waals surface area contributed by atoms with Crippen molar-refractivity contribution in [3.05, 3.63) is 57.3 Å². The number of ether oxygens (including phenoxy) is 1. The third-order valence-electron chi connectivity index (χ3n) is 6.11. The van der Waals surface area contributed by atoms with Gasteiger partial charge in [0.15, 0.2) is 0 Å². The van der Waals surface area contributed by atoms with Crippen LogP contribution >= 0.6 is 11.3 Å². The fourth-order valence-corrected chi connectivity index (χ4v) is 5.23. The molecule has 4 rings (SSSR count). The quantitative estimate of drug-likeness (QED) is 0.603. The highest BCUT2D eigenvalue weighted by atomic mass is 32.1. The summed E-state index contributed by atoms with van der Waals surface area (Å²) in [4.78, 5) is 31.4. The molecule has 2 aromatic rings. The molecule has 2 heterocycles. The highest BCUT2D eigenvalue weighted by Crippen LogP contribution is 2.39. The number of thiophene rings is 1. The summed E-state index contributed by atoms with van der Waals surface area (Å²) >= 11 is 1.77. The first-order valence-corrected chi connectivity index (χ1v) is 11.7. The molecule has 1 atom stereocenters. The number of nitrogens with zero attached hydrogens (tertiary/aromatic N) is 2. The number of amides is 2. The van der Waals surface area contributed by atoms with Crippen LogP contribution in [0.2, 0.25) is 0 Å². The number of methoxy groups -OCH3 is 1. The first-order valence-electron chi connectivity index (χ1n) is 10.8. The number of carbonyl (C=O) groups excluding carboxylic acids is 2. The topological polar surface area (TPSA) is 49.9 Å². The summed E-state index contributed by atoms with van der Waals surface area (Å²) in [6.07, 6.45) is 3.52. The highest BCUT2D eigenvalue weighted by Gasteiger charge is 2.37. The molecular weight excluding hydrogens is 396 g/mol. The molecule has 1 saturated carbocycles. The van der Waals surface area contributed by atoms with Crippen molar-refractivity contribution in [3.63, 3.8) is 0 Å². The van der Waals surface area contributed by atoms with E-state index in [9.17, 15) is 9.59 Å². The average Bonchev–Trinajstić information content (AvgIpc) is 3.49. The maximum Gasteiger partial charge on any atom is 0.242 e. The van der Waals surface area contributed by atoms with Crippen LogP contribution in [0.4, 0.5) is 0 Å². The van der Waals surface area contributed by atoms with Gasteiger partial charge in [0.1, 0.15) is 0 Å². The molecule has 0 unspecified atom stereocenters. The minimum absolute atomic E-state index is 0.0338. The number of fused-ring (bicyclic) bond motifs is 1. The minimum Gasteiger partial charge on any atom is -0.385 e. The molecule has 1 aliphatic carbocycles. The van der Waals surface area contributed by atoms with Crippen molar-refractivity contribution in [2.75, 3.05) is 33.4 Å². The molecule has 5 nitrogen and oxygen atoms in total. The molecule has 160 valence electrons. The van der Waals surface area contributed by atoms with Crippen molar-refractivity contribution >= 4 is 23.2 Å². The normalized spacial score (nSPS) is 18.2. The molecule has 0 saturated heterocycles. The van der Waals surface area contributed by atoms with E-state index in [1.165, 1.54) is 21.6 Å². The van der Waals surface area contributed by atoms with E-state index in [4.69, 9.17) is 4.74 Å². The summed E-state index contributed by atoms with van der Waals surface area (Å²) in [7, 11) is 1.66. The van der Waals surface area contributed by atoms with E-state index < -0.39 is 0 Å². The smallest absolute Gasteiger partial charge is 0.242 e. The van der Waals surface area contributed by atoms with Crippen molar-refractivity contribution in [1.82, 2.24) is 9.80 Å². The van der Waals surface area contributed by atoms with Gasteiger partial charge in [0, 0.05) is 37.6 Å². The molecule has 0 radical (unpaired) electrons. The van der Waals surface area contributed by atoms with Gasteiger partial charge in [-0.3, -0.25) is 9.59 Å². The fourth-order valence-electron chi connectivity index (χ4n) is 4.32. The lowest BCUT2D eigenvalue weighted by molar-refractivity contribution is -0.142. The van der Waals surface area contributed by atoms with E-state index in [1.807, 2.05) is 17.0 Å². The van der Waals surface area contributed by atoms with Gasteiger partial charge in [0.2, 0.25) is 11.8 Å². The van der Waals surface area contributed by atoms with Crippen LogP contribution in [0.15, 0.2) is 35.7 Å². The predicted molar refractivity (Wildman–Crippen MR) is 119 cm³/mol. The van der Waals surface area contributed by atoms with E-state index in [0.717, 1.165) is 25.7 Å². The Morgan fingerprint density at radius 1 is 1.20 bits per heavy atom. The second kappa shape index (κ2) is 9.31. The Labute approximate surface area is 182 Å². The predicted octanol–water partition coefficient (Wildman–Crippen LogP) is 3.81. The van der Waals surface area contributed by atoms with Crippen molar-refractivity contribution in [1.29, 1.82) is 0 Å². The minimum atomic E-state index is -0.0782. The van der Waals surface area contributed by atoms with Crippen LogP contribution in [0.1, 0.15) is 46.9 Å². The van der Waals surface area contributed by atoms with Gasteiger partial charge in [0.25, 0.3) is 0 Å². The van der Waals surface area contributed by atoms with Crippen molar-refractivity contribution in [2.45, 2.75) is 38.6 Å². The van der Waals surface area contributed by atoms with Crippen LogP contribution in [0.3, 0.4) is 0 Å². The Morgan fingerprint density at radius 2 is 2.00 bits per heavy atom. The maximum absolute atomic E-state index is 13.5. The van der Waals surface area contributed by atoms with E-state index in [-0.39, 0.29) is 30.3 Å². The van der Waals surface area contributed by atoms with E-state index in [0.29, 0.717) is 19.7 Å². The molecule has 0 spiro atoms. The van der Waals surface area contributed by atoms with E-state index >= 15 is 0 Å². The molecular formula is C24H30N2O3S. The maximum atomic E-state index is 13.5. The summed E-state index contributed by atoms with van der Waals surface area (Å²) in [5.74, 6) is 0.268. The lowest BCUT2D eigenvalue weighted by Crippen LogP contribution is -2.47. The fraction of sp³-hybridized carbons (Fsp3) is 0.500. The van der Waals surface area contributed by atoms with Crippen molar-refractivity contribution in [3.8, 4) is 0 Å². The summed E-state index contributed by atoms with van der Waals surface area (Å²) in [5, 5.41) is 2.12. The zero-order valence-electron chi connectivity index (χ0n) is 17.8. The molecule has 1 aromatic carbocycles. The van der Waals surface area contributed by atoms with Gasteiger partial charge >= 0.3 is 0 Å². The standard InChI is InChI=1S/C24H30N2O3S/c1-17-6-3-4-7-19(17)23-20-11-15-30-21(20)10-13-26(23)22(27)16-25(12-5-14-29-2)24(28)18-8-9-18/h3-4,6-7,11,15,18,23H,5,8-10,12-14,16H2,1-2H3/t23-/m0/s1. The summed E-state index contributed by atoms with van der Waals surface area (Å²) in [5.41, 5.74) is 3.59. The van der Waals surface area contributed by atoms with Gasteiger partial charge in [-0.25, -0.2) is 0 Å². The second-order valence-electron chi connectivity index (χ2n) is 8.28.